The molecule has 0 atom stereocenters. The van der Waals surface area contributed by atoms with E-state index in [-0.39, 0.29) is 0 Å². The number of halogens is 1. The molecule has 6 N–H and O–H groups in total. The number of amidine groups is 1. The number of nitrogens with zero attached hydrogens (tertiary/aromatic N) is 3. The maximum atomic E-state index is 5.83. The molecule has 0 amide bonds. The van der Waals surface area contributed by atoms with Gasteiger partial charge in [-0.3, -0.25) is 0 Å². The molecule has 0 aromatic carbocycles. The van der Waals surface area contributed by atoms with Gasteiger partial charge in [0.1, 0.15) is 5.84 Å². The number of hydrogen-bond acceptors (Lipinski definition) is 5. The first-order valence-corrected chi connectivity index (χ1v) is 4.15. The topological polar surface area (TPSA) is 107 Å². The molecule has 1 rings (SSSR count). The molecule has 0 saturated heterocycles. The molecule has 0 aliphatic rings. The highest BCUT2D eigenvalue weighted by atomic mass is 35.5. The average Bonchev–Trinajstić information content (AvgIpc) is 2.01. The first kappa shape index (κ1) is 10.6. The Kier molecular flexibility index (Phi) is 3.10. The van der Waals surface area contributed by atoms with Crippen LogP contribution in [0, 0.1) is 0 Å². The minimum atomic E-state index is 0.297. The van der Waals surface area contributed by atoms with Gasteiger partial charge < -0.3 is 11.5 Å². The summed E-state index contributed by atoms with van der Waals surface area (Å²) in [5.74, 6) is 6.13. The van der Waals surface area contributed by atoms with Crippen LogP contribution in [0.15, 0.2) is 17.4 Å². The first-order chi connectivity index (χ1) is 6.50. The number of hydrazine groups is 1. The Balaban J connectivity index is 3.02. The third kappa shape index (κ3) is 2.48. The molecule has 7 heteroatoms. The van der Waals surface area contributed by atoms with Gasteiger partial charge in [0.15, 0.2) is 5.82 Å². The van der Waals surface area contributed by atoms with Crippen LogP contribution in [0.2, 0.25) is 5.02 Å². The van der Waals surface area contributed by atoms with Gasteiger partial charge in [-0.1, -0.05) is 11.6 Å². The second-order valence-corrected chi connectivity index (χ2v) is 3.07. The summed E-state index contributed by atoms with van der Waals surface area (Å²) in [6.07, 6.45) is 1.43. The van der Waals surface area contributed by atoms with Crippen molar-refractivity contribution in [2.45, 2.75) is 6.92 Å². The zero-order valence-electron chi connectivity index (χ0n) is 7.61. The summed E-state index contributed by atoms with van der Waals surface area (Å²) in [6, 6.07) is 1.53. The van der Waals surface area contributed by atoms with Crippen molar-refractivity contribution in [2.75, 3.05) is 10.9 Å². The van der Waals surface area contributed by atoms with Gasteiger partial charge in [-0.25, -0.2) is 10.8 Å². The van der Waals surface area contributed by atoms with Crippen LogP contribution in [0.5, 0.6) is 0 Å². The second-order valence-electron chi connectivity index (χ2n) is 2.66. The van der Waals surface area contributed by atoms with Gasteiger partial charge in [-0.2, -0.15) is 5.12 Å². The molecule has 0 bridgehead atoms. The van der Waals surface area contributed by atoms with Crippen molar-refractivity contribution in [3.05, 3.63) is 17.3 Å². The normalized spacial score (nSPS) is 11.5. The highest BCUT2D eigenvalue weighted by Gasteiger charge is 2.07. The van der Waals surface area contributed by atoms with E-state index < -0.39 is 0 Å². The summed E-state index contributed by atoms with van der Waals surface area (Å²) in [5.41, 5.74) is 11.3. The van der Waals surface area contributed by atoms with Crippen LogP contribution in [0.4, 0.5) is 11.5 Å². The minimum Gasteiger partial charge on any atom is -0.397 e. The number of rotatable bonds is 2. The number of nitrogen functional groups attached to an aromatic ring is 1. The monoisotopic (exact) mass is 214 g/mol. The lowest BCUT2D eigenvalue weighted by Crippen LogP contribution is -2.28. The Labute approximate surface area is 86.3 Å². The highest BCUT2D eigenvalue weighted by molar-refractivity contribution is 6.33. The van der Waals surface area contributed by atoms with Crippen molar-refractivity contribution in [3.63, 3.8) is 0 Å². The number of anilines is 2. The summed E-state index contributed by atoms with van der Waals surface area (Å²) >= 11 is 5.83. The zero-order valence-corrected chi connectivity index (χ0v) is 8.36. The lowest BCUT2D eigenvalue weighted by atomic mass is 10.4. The van der Waals surface area contributed by atoms with E-state index in [1.165, 1.54) is 12.3 Å². The van der Waals surface area contributed by atoms with Crippen LogP contribution in [0.1, 0.15) is 6.92 Å². The molecule has 0 spiro atoms. The third-order valence-corrected chi connectivity index (χ3v) is 1.60. The van der Waals surface area contributed by atoms with Gasteiger partial charge in [0.2, 0.25) is 0 Å². The van der Waals surface area contributed by atoms with E-state index in [1.807, 2.05) is 0 Å². The van der Waals surface area contributed by atoms with Gasteiger partial charge >= 0.3 is 0 Å². The van der Waals surface area contributed by atoms with Gasteiger partial charge in [-0.15, -0.1) is 5.10 Å². The van der Waals surface area contributed by atoms with E-state index >= 15 is 0 Å². The number of hydrogen-bond donors (Lipinski definition) is 3. The van der Waals surface area contributed by atoms with Crippen LogP contribution >= 0.6 is 11.6 Å². The van der Waals surface area contributed by atoms with Gasteiger partial charge in [-0.05, 0) is 13.0 Å². The maximum Gasteiger partial charge on any atom is 0.185 e. The van der Waals surface area contributed by atoms with E-state index in [0.29, 0.717) is 22.4 Å². The zero-order chi connectivity index (χ0) is 10.7. The van der Waals surface area contributed by atoms with Crippen molar-refractivity contribution >= 4 is 28.9 Å². The molecule has 0 aliphatic heterocycles. The van der Waals surface area contributed by atoms with Crippen molar-refractivity contribution in [1.82, 2.24) is 4.98 Å². The molecule has 0 aliphatic carbocycles. The molecule has 0 saturated carbocycles. The Morgan fingerprint density at radius 3 is 2.79 bits per heavy atom. The van der Waals surface area contributed by atoms with E-state index in [0.717, 1.165) is 5.12 Å². The van der Waals surface area contributed by atoms with E-state index in [1.54, 1.807) is 6.92 Å². The predicted octanol–water partition coefficient (Wildman–Crippen LogP) is 0.289. The van der Waals surface area contributed by atoms with Gasteiger partial charge in [0, 0.05) is 0 Å². The number of pyridine rings is 1. The Bertz CT molecular complexity index is 359. The highest BCUT2D eigenvalue weighted by Crippen LogP contribution is 2.23. The Morgan fingerprint density at radius 1 is 1.64 bits per heavy atom. The van der Waals surface area contributed by atoms with Crippen molar-refractivity contribution < 1.29 is 0 Å². The quantitative estimate of drug-likeness (QED) is 0.284. The van der Waals surface area contributed by atoms with E-state index in [2.05, 4.69) is 10.1 Å². The lowest BCUT2D eigenvalue weighted by molar-refractivity contribution is 0.893. The summed E-state index contributed by atoms with van der Waals surface area (Å²) < 4.78 is 0. The molecule has 1 aromatic heterocycles. The number of hydrazone groups is 1. The van der Waals surface area contributed by atoms with E-state index in [9.17, 15) is 0 Å². The fourth-order valence-electron chi connectivity index (χ4n) is 0.831. The SMILES string of the molecule is C/C(N)=N/N(N)c1ncc(N)cc1Cl. The van der Waals surface area contributed by atoms with Crippen LogP contribution < -0.4 is 22.4 Å². The van der Waals surface area contributed by atoms with Crippen LogP contribution in [-0.2, 0) is 0 Å². The maximum absolute atomic E-state index is 5.83. The molecule has 14 heavy (non-hydrogen) atoms. The number of nitrogens with two attached hydrogens (primary N) is 3. The Hall–Kier alpha value is -1.53. The number of aromatic nitrogens is 1. The summed E-state index contributed by atoms with van der Waals surface area (Å²) in [5, 5.41) is 5.07. The standard InChI is InChI=1S/C7H11ClN6/c1-4(9)13-14(11)7-6(8)2-5(10)3-12-7/h2-3H,10-11H2,1H3,(H2,9,13). The predicted molar refractivity (Wildman–Crippen MR) is 57.6 cm³/mol. The summed E-state index contributed by atoms with van der Waals surface area (Å²) in [7, 11) is 0. The molecule has 76 valence electrons. The van der Waals surface area contributed by atoms with Gasteiger partial charge in [0.25, 0.3) is 0 Å². The van der Waals surface area contributed by atoms with Gasteiger partial charge in [0.05, 0.1) is 16.9 Å². The van der Waals surface area contributed by atoms with Crippen molar-refractivity contribution in [3.8, 4) is 0 Å². The molecule has 0 fully saturated rings. The average molecular weight is 215 g/mol. The molecular weight excluding hydrogens is 204 g/mol. The molecular formula is C7H11ClN6. The van der Waals surface area contributed by atoms with Crippen LogP contribution in [0.3, 0.4) is 0 Å². The molecule has 6 nitrogen and oxygen atoms in total. The van der Waals surface area contributed by atoms with Crippen LogP contribution in [-0.4, -0.2) is 10.8 Å². The van der Waals surface area contributed by atoms with Crippen molar-refractivity contribution in [2.24, 2.45) is 16.7 Å². The molecule has 1 heterocycles. The lowest BCUT2D eigenvalue weighted by Gasteiger charge is -2.12. The fraction of sp³-hybridized carbons (Fsp3) is 0.143. The second kappa shape index (κ2) is 4.12. The molecule has 0 radical (unpaired) electrons. The first-order valence-electron chi connectivity index (χ1n) is 3.77. The van der Waals surface area contributed by atoms with Crippen LogP contribution in [0.25, 0.3) is 0 Å². The summed E-state index contributed by atoms with van der Waals surface area (Å²) in [4.78, 5) is 3.91. The molecule has 1 aromatic rings. The third-order valence-electron chi connectivity index (χ3n) is 1.33. The minimum absolute atomic E-state index is 0.297. The Morgan fingerprint density at radius 2 is 2.29 bits per heavy atom. The smallest absolute Gasteiger partial charge is 0.185 e. The fourth-order valence-corrected chi connectivity index (χ4v) is 1.09. The van der Waals surface area contributed by atoms with E-state index in [4.69, 9.17) is 28.9 Å². The summed E-state index contributed by atoms with van der Waals surface area (Å²) in [6.45, 7) is 1.60. The van der Waals surface area contributed by atoms with Crippen molar-refractivity contribution in [1.29, 1.82) is 0 Å². The largest absolute Gasteiger partial charge is 0.397 e. The molecule has 0 unspecified atom stereocenters.